The third-order valence-corrected chi connectivity index (χ3v) is 3.33. The van der Waals surface area contributed by atoms with Crippen LogP contribution in [0.5, 0.6) is 11.6 Å². The van der Waals surface area contributed by atoms with E-state index in [4.69, 9.17) is 10.5 Å². The molecule has 134 valence electrons. The molecule has 1 heterocycles. The number of nitrogens with two attached hydrogens (primary N) is 1. The molecule has 0 unspecified atom stereocenters. The van der Waals surface area contributed by atoms with E-state index >= 15 is 0 Å². The zero-order chi connectivity index (χ0) is 18.8. The van der Waals surface area contributed by atoms with E-state index in [-0.39, 0.29) is 5.91 Å². The molecule has 0 aliphatic heterocycles. The molecule has 0 saturated heterocycles. The summed E-state index contributed by atoms with van der Waals surface area (Å²) >= 11 is 0. The van der Waals surface area contributed by atoms with Crippen LogP contribution in [0, 0.1) is 0 Å². The number of carbonyl (C=O) groups is 1. The highest BCUT2D eigenvalue weighted by Gasteiger charge is 2.08. The van der Waals surface area contributed by atoms with E-state index < -0.39 is 0 Å². The van der Waals surface area contributed by atoms with Crippen molar-refractivity contribution in [1.29, 1.82) is 0 Å². The second kappa shape index (κ2) is 9.85. The van der Waals surface area contributed by atoms with Crippen molar-refractivity contribution in [2.24, 2.45) is 15.7 Å². The number of hydrogen-bond acceptors (Lipinski definition) is 6. The van der Waals surface area contributed by atoms with Crippen molar-refractivity contribution in [3.05, 3.63) is 66.1 Å². The molecule has 0 fully saturated rings. The monoisotopic (exact) mass is 351 g/mol. The van der Waals surface area contributed by atoms with Gasteiger partial charge >= 0.3 is 0 Å². The van der Waals surface area contributed by atoms with Gasteiger partial charge in [-0.3, -0.25) is 14.8 Å². The van der Waals surface area contributed by atoms with Crippen LogP contribution in [0.4, 0.5) is 0 Å². The number of pyridine rings is 1. The van der Waals surface area contributed by atoms with Gasteiger partial charge in [-0.2, -0.15) is 0 Å². The van der Waals surface area contributed by atoms with Crippen LogP contribution < -0.4 is 15.8 Å². The molecular weight excluding hydrogens is 330 g/mol. The molecule has 0 spiro atoms. The fourth-order valence-electron chi connectivity index (χ4n) is 2.02. The lowest BCUT2D eigenvalue weighted by atomic mass is 10.2. The molecule has 7 heteroatoms. The van der Waals surface area contributed by atoms with Crippen molar-refractivity contribution in [2.75, 3.05) is 6.54 Å². The van der Waals surface area contributed by atoms with Crippen LogP contribution in [-0.4, -0.2) is 29.9 Å². The first-order valence-corrected chi connectivity index (χ1v) is 7.97. The smallest absolute Gasteiger partial charge is 0.251 e. The highest BCUT2D eigenvalue weighted by Crippen LogP contribution is 2.21. The number of nitrogens with one attached hydrogen (secondary N) is 1. The Hall–Kier alpha value is -3.32. The number of aromatic nitrogens is 1. The average molecular weight is 351 g/mol. The normalized spacial score (nSPS) is 11.4. The first-order valence-electron chi connectivity index (χ1n) is 7.97. The second-order valence-electron chi connectivity index (χ2n) is 5.36. The van der Waals surface area contributed by atoms with Gasteiger partial charge in [0.25, 0.3) is 5.91 Å². The van der Waals surface area contributed by atoms with E-state index in [0.29, 0.717) is 30.3 Å². The molecule has 0 bridgehead atoms. The third kappa shape index (κ3) is 5.95. The Morgan fingerprint density at radius 1 is 1.35 bits per heavy atom. The van der Waals surface area contributed by atoms with E-state index in [9.17, 15) is 4.79 Å². The maximum Gasteiger partial charge on any atom is 0.251 e. The van der Waals surface area contributed by atoms with Crippen LogP contribution in [0.1, 0.15) is 22.8 Å². The third-order valence-electron chi connectivity index (χ3n) is 3.33. The average Bonchev–Trinajstić information content (AvgIpc) is 2.66. The number of hydrogen-bond donors (Lipinski definition) is 2. The van der Waals surface area contributed by atoms with Gasteiger partial charge in [-0.05, 0) is 43.5 Å². The molecule has 2 aromatic rings. The van der Waals surface area contributed by atoms with Gasteiger partial charge in [0.2, 0.25) is 5.88 Å². The van der Waals surface area contributed by atoms with Gasteiger partial charge in [0, 0.05) is 42.5 Å². The van der Waals surface area contributed by atoms with Crippen LogP contribution in [0.3, 0.4) is 0 Å². The van der Waals surface area contributed by atoms with Crippen molar-refractivity contribution in [1.82, 2.24) is 10.3 Å². The van der Waals surface area contributed by atoms with Gasteiger partial charge in [-0.15, -0.1) is 0 Å². The summed E-state index contributed by atoms with van der Waals surface area (Å²) < 4.78 is 5.71. The van der Waals surface area contributed by atoms with Gasteiger partial charge in [0.1, 0.15) is 5.75 Å². The molecule has 0 radical (unpaired) electrons. The van der Waals surface area contributed by atoms with Gasteiger partial charge in [-0.1, -0.05) is 6.07 Å². The Bertz CT molecular complexity index is 830. The minimum atomic E-state index is -0.223. The summed E-state index contributed by atoms with van der Waals surface area (Å²) in [5, 5.41) is 2.80. The number of nitrogens with zero attached hydrogens (tertiary/aromatic N) is 3. The van der Waals surface area contributed by atoms with Crippen LogP contribution >= 0.6 is 0 Å². The Morgan fingerprint density at radius 2 is 2.19 bits per heavy atom. The summed E-state index contributed by atoms with van der Waals surface area (Å²) in [6.45, 7) is 5.86. The molecule has 2 rings (SSSR count). The summed E-state index contributed by atoms with van der Waals surface area (Å²) in [5.41, 5.74) is 7.75. The van der Waals surface area contributed by atoms with Crippen LogP contribution in [0.2, 0.25) is 0 Å². The van der Waals surface area contributed by atoms with E-state index in [1.54, 1.807) is 36.5 Å². The number of rotatable bonds is 8. The van der Waals surface area contributed by atoms with Crippen molar-refractivity contribution in [2.45, 2.75) is 13.5 Å². The summed E-state index contributed by atoms with van der Waals surface area (Å²) in [5.74, 6) is 0.722. The first-order chi connectivity index (χ1) is 12.6. The quantitative estimate of drug-likeness (QED) is 0.714. The number of ether oxygens (including phenoxy) is 1. The summed E-state index contributed by atoms with van der Waals surface area (Å²) in [4.78, 5) is 24.1. The second-order valence-corrected chi connectivity index (χ2v) is 5.36. The largest absolute Gasteiger partial charge is 0.439 e. The number of amides is 1. The SMILES string of the molecule is C=N/C=C\N=C(/C)CNC(=O)c1cccc(Oc2cc(CN)ccn2)c1. The first kappa shape index (κ1) is 19.0. The Morgan fingerprint density at radius 3 is 2.96 bits per heavy atom. The Balaban J connectivity index is 2.01. The van der Waals surface area contributed by atoms with Gasteiger partial charge in [0.05, 0.1) is 6.54 Å². The molecule has 1 amide bonds. The van der Waals surface area contributed by atoms with Gasteiger partial charge < -0.3 is 15.8 Å². The zero-order valence-corrected chi connectivity index (χ0v) is 14.6. The summed E-state index contributed by atoms with van der Waals surface area (Å²) in [7, 11) is 0. The lowest BCUT2D eigenvalue weighted by molar-refractivity contribution is 0.0959. The van der Waals surface area contributed by atoms with E-state index in [2.05, 4.69) is 27.0 Å². The number of aliphatic imine (C=N–C) groups is 2. The summed E-state index contributed by atoms with van der Waals surface area (Å²) in [6, 6.07) is 10.4. The molecule has 7 nitrogen and oxygen atoms in total. The fraction of sp³-hybridized carbons (Fsp3) is 0.158. The molecule has 0 saturated carbocycles. The molecule has 0 aliphatic rings. The lowest BCUT2D eigenvalue weighted by Gasteiger charge is -2.08. The van der Waals surface area contributed by atoms with Gasteiger partial charge in [0.15, 0.2) is 0 Å². The number of carbonyl (C=O) groups excluding carboxylic acids is 1. The molecular formula is C19H21N5O2. The zero-order valence-electron chi connectivity index (χ0n) is 14.6. The predicted molar refractivity (Wildman–Crippen MR) is 103 cm³/mol. The predicted octanol–water partition coefficient (Wildman–Crippen LogP) is 2.70. The number of benzene rings is 1. The molecule has 1 aromatic carbocycles. The molecule has 1 aromatic heterocycles. The molecule has 0 atom stereocenters. The standard InChI is InChI=1S/C19H21N5O2/c1-14(22-9-8-21-2)13-24-19(25)16-4-3-5-17(11-16)26-18-10-15(12-20)6-7-23-18/h3-11H,2,12-13,20H2,1H3,(H,24,25)/b9-8-,22-14+. The minimum absolute atomic E-state index is 0.223. The van der Waals surface area contributed by atoms with Crippen LogP contribution in [-0.2, 0) is 6.54 Å². The molecule has 3 N–H and O–H groups in total. The topological polar surface area (TPSA) is 102 Å². The van der Waals surface area contributed by atoms with Crippen LogP contribution in [0.15, 0.2) is 65.0 Å². The van der Waals surface area contributed by atoms with Crippen molar-refractivity contribution >= 4 is 18.3 Å². The van der Waals surface area contributed by atoms with Crippen molar-refractivity contribution in [3.63, 3.8) is 0 Å². The minimum Gasteiger partial charge on any atom is -0.439 e. The van der Waals surface area contributed by atoms with Gasteiger partial charge in [-0.25, -0.2) is 4.98 Å². The van der Waals surface area contributed by atoms with Crippen molar-refractivity contribution in [3.8, 4) is 11.6 Å². The van der Waals surface area contributed by atoms with Crippen molar-refractivity contribution < 1.29 is 9.53 Å². The Labute approximate surface area is 152 Å². The molecule has 0 aliphatic carbocycles. The van der Waals surface area contributed by atoms with E-state index in [1.807, 2.05) is 13.0 Å². The fourth-order valence-corrected chi connectivity index (χ4v) is 2.02. The Kier molecular flexibility index (Phi) is 7.20. The maximum atomic E-state index is 12.3. The highest BCUT2D eigenvalue weighted by molar-refractivity contribution is 5.97. The molecule has 26 heavy (non-hydrogen) atoms. The van der Waals surface area contributed by atoms with Crippen LogP contribution in [0.25, 0.3) is 0 Å². The highest BCUT2D eigenvalue weighted by atomic mass is 16.5. The van der Waals surface area contributed by atoms with E-state index in [0.717, 1.165) is 11.3 Å². The summed E-state index contributed by atoms with van der Waals surface area (Å²) in [6.07, 6.45) is 4.62. The lowest BCUT2D eigenvalue weighted by Crippen LogP contribution is -2.28. The van der Waals surface area contributed by atoms with E-state index in [1.165, 1.54) is 12.4 Å². The maximum absolute atomic E-state index is 12.3.